The third-order valence-corrected chi connectivity index (χ3v) is 3.33. The van der Waals surface area contributed by atoms with Crippen LogP contribution in [0.3, 0.4) is 0 Å². The fraction of sp³-hybridized carbons (Fsp3) is 0.0909. The van der Waals surface area contributed by atoms with Crippen molar-refractivity contribution in [3.05, 3.63) is 45.4 Å². The average Bonchev–Trinajstić information content (AvgIpc) is 2.73. The van der Waals surface area contributed by atoms with E-state index in [4.69, 9.17) is 11.6 Å². The van der Waals surface area contributed by atoms with Crippen molar-refractivity contribution in [3.63, 3.8) is 0 Å². The Morgan fingerprint density at radius 3 is 2.94 bits per heavy atom. The van der Waals surface area contributed by atoms with Crippen molar-refractivity contribution in [1.29, 1.82) is 0 Å². The summed E-state index contributed by atoms with van der Waals surface area (Å²) in [5, 5.41) is 12.1. The van der Waals surface area contributed by atoms with E-state index in [1.165, 1.54) is 29.8 Å². The molecular formula is C11H9ClN2O2S. The summed E-state index contributed by atoms with van der Waals surface area (Å²) in [5.41, 5.74) is 0.211. The second kappa shape index (κ2) is 5.16. The largest absolute Gasteiger partial charge is 0.505 e. The Morgan fingerprint density at radius 1 is 1.47 bits per heavy atom. The van der Waals surface area contributed by atoms with Crippen LogP contribution in [0.2, 0.25) is 4.34 Å². The summed E-state index contributed by atoms with van der Waals surface area (Å²) >= 11 is 7.18. The van der Waals surface area contributed by atoms with E-state index in [1.807, 2.05) is 6.07 Å². The molecule has 2 N–H and O–H groups in total. The van der Waals surface area contributed by atoms with E-state index in [9.17, 15) is 9.90 Å². The second-order valence-electron chi connectivity index (χ2n) is 3.28. The van der Waals surface area contributed by atoms with Crippen LogP contribution in [-0.4, -0.2) is 16.0 Å². The highest BCUT2D eigenvalue weighted by Crippen LogP contribution is 2.21. The number of hydrogen-bond acceptors (Lipinski definition) is 4. The van der Waals surface area contributed by atoms with Gasteiger partial charge in [-0.3, -0.25) is 9.78 Å². The van der Waals surface area contributed by atoms with Gasteiger partial charge in [-0.05, 0) is 18.2 Å². The summed E-state index contributed by atoms with van der Waals surface area (Å²) in [5.74, 6) is -0.469. The molecule has 4 nitrogen and oxygen atoms in total. The monoisotopic (exact) mass is 268 g/mol. The van der Waals surface area contributed by atoms with Gasteiger partial charge < -0.3 is 10.4 Å². The van der Waals surface area contributed by atoms with E-state index >= 15 is 0 Å². The second-order valence-corrected chi connectivity index (χ2v) is 5.08. The van der Waals surface area contributed by atoms with Crippen molar-refractivity contribution < 1.29 is 9.90 Å². The summed E-state index contributed by atoms with van der Waals surface area (Å²) in [7, 11) is 0. The minimum atomic E-state index is -0.338. The number of thiophene rings is 1. The molecule has 2 aromatic rings. The Labute approximate surface area is 107 Å². The molecule has 0 atom stereocenters. The van der Waals surface area contributed by atoms with Gasteiger partial charge in [0.1, 0.15) is 5.75 Å². The predicted octanol–water partition coefficient (Wildman–Crippen LogP) is 2.43. The lowest BCUT2D eigenvalue weighted by Crippen LogP contribution is -2.22. The third-order valence-electron chi connectivity index (χ3n) is 2.10. The molecule has 2 aromatic heterocycles. The maximum absolute atomic E-state index is 11.7. The zero-order valence-corrected chi connectivity index (χ0v) is 10.3. The van der Waals surface area contributed by atoms with Crippen molar-refractivity contribution >= 4 is 28.8 Å². The molecule has 88 valence electrons. The molecule has 0 aliphatic carbocycles. The molecule has 17 heavy (non-hydrogen) atoms. The Hall–Kier alpha value is -1.59. The molecule has 0 aromatic carbocycles. The van der Waals surface area contributed by atoms with Crippen molar-refractivity contribution in [2.45, 2.75) is 6.54 Å². The summed E-state index contributed by atoms with van der Waals surface area (Å²) in [6.45, 7) is 0.387. The summed E-state index contributed by atoms with van der Waals surface area (Å²) in [6, 6.07) is 5.09. The highest BCUT2D eigenvalue weighted by Gasteiger charge is 2.10. The standard InChI is InChI=1S/C11H9ClN2O2S/c12-10-2-1-7(17-10)5-14-11(16)8-3-4-13-6-9(8)15/h1-4,6,15H,5H2,(H,14,16). The van der Waals surface area contributed by atoms with Gasteiger partial charge in [0.25, 0.3) is 5.91 Å². The molecule has 0 bridgehead atoms. The fourth-order valence-corrected chi connectivity index (χ4v) is 2.31. The van der Waals surface area contributed by atoms with Crippen LogP contribution in [0, 0.1) is 0 Å². The van der Waals surface area contributed by atoms with E-state index in [1.54, 1.807) is 6.07 Å². The first-order valence-electron chi connectivity index (χ1n) is 4.82. The van der Waals surface area contributed by atoms with Gasteiger partial charge in [-0.2, -0.15) is 0 Å². The van der Waals surface area contributed by atoms with Gasteiger partial charge in [0, 0.05) is 11.1 Å². The van der Waals surface area contributed by atoms with Crippen LogP contribution >= 0.6 is 22.9 Å². The van der Waals surface area contributed by atoms with Crippen LogP contribution in [-0.2, 0) is 6.54 Å². The lowest BCUT2D eigenvalue weighted by molar-refractivity contribution is 0.0948. The van der Waals surface area contributed by atoms with Crippen LogP contribution in [0.15, 0.2) is 30.6 Å². The number of aromatic hydroxyl groups is 1. The number of amides is 1. The van der Waals surface area contributed by atoms with Crippen molar-refractivity contribution in [2.75, 3.05) is 0 Å². The zero-order chi connectivity index (χ0) is 12.3. The quantitative estimate of drug-likeness (QED) is 0.899. The minimum absolute atomic E-state index is 0.130. The zero-order valence-electron chi connectivity index (χ0n) is 8.68. The van der Waals surface area contributed by atoms with Gasteiger partial charge in [-0.1, -0.05) is 11.6 Å². The van der Waals surface area contributed by atoms with Gasteiger partial charge >= 0.3 is 0 Å². The molecule has 2 rings (SSSR count). The van der Waals surface area contributed by atoms with Crippen molar-refractivity contribution in [2.24, 2.45) is 0 Å². The molecule has 0 saturated carbocycles. The Bertz CT molecular complexity index is 542. The van der Waals surface area contributed by atoms with Crippen LogP contribution in [0.5, 0.6) is 5.75 Å². The maximum Gasteiger partial charge on any atom is 0.255 e. The molecule has 0 aliphatic rings. The Kier molecular flexibility index (Phi) is 3.61. The molecule has 1 amide bonds. The van der Waals surface area contributed by atoms with Gasteiger partial charge in [0.05, 0.1) is 22.6 Å². The number of hydrogen-bond donors (Lipinski definition) is 2. The predicted molar refractivity (Wildman–Crippen MR) is 66.4 cm³/mol. The molecule has 0 spiro atoms. The van der Waals surface area contributed by atoms with Gasteiger partial charge in [-0.15, -0.1) is 11.3 Å². The van der Waals surface area contributed by atoms with Gasteiger partial charge in [-0.25, -0.2) is 0 Å². The number of nitrogens with one attached hydrogen (secondary N) is 1. The normalized spacial score (nSPS) is 10.2. The molecule has 0 saturated heterocycles. The molecule has 0 unspecified atom stereocenters. The van der Waals surface area contributed by atoms with Gasteiger partial charge in [0.15, 0.2) is 0 Å². The summed E-state index contributed by atoms with van der Waals surface area (Å²) in [6.07, 6.45) is 2.69. The first-order chi connectivity index (χ1) is 8.16. The van der Waals surface area contributed by atoms with E-state index < -0.39 is 0 Å². The molecular weight excluding hydrogens is 260 g/mol. The molecule has 0 radical (unpaired) electrons. The minimum Gasteiger partial charge on any atom is -0.505 e. The van der Waals surface area contributed by atoms with Crippen LogP contribution in [0.1, 0.15) is 15.2 Å². The van der Waals surface area contributed by atoms with Crippen LogP contribution < -0.4 is 5.32 Å². The molecule has 0 fully saturated rings. The van der Waals surface area contributed by atoms with E-state index in [2.05, 4.69) is 10.3 Å². The molecule has 2 heterocycles. The first kappa shape index (κ1) is 11.9. The Balaban J connectivity index is 2.01. The number of nitrogens with zero attached hydrogens (tertiary/aromatic N) is 1. The van der Waals surface area contributed by atoms with E-state index in [-0.39, 0.29) is 17.2 Å². The number of carbonyl (C=O) groups excluding carboxylic acids is 1. The Morgan fingerprint density at radius 2 is 2.29 bits per heavy atom. The lowest BCUT2D eigenvalue weighted by atomic mass is 10.2. The van der Waals surface area contributed by atoms with Crippen LogP contribution in [0.25, 0.3) is 0 Å². The maximum atomic E-state index is 11.7. The average molecular weight is 269 g/mol. The SMILES string of the molecule is O=C(NCc1ccc(Cl)s1)c1ccncc1O. The lowest BCUT2D eigenvalue weighted by Gasteiger charge is -2.04. The number of pyridine rings is 1. The van der Waals surface area contributed by atoms with Crippen molar-refractivity contribution in [3.8, 4) is 5.75 Å². The number of aromatic nitrogens is 1. The fourth-order valence-electron chi connectivity index (χ4n) is 1.29. The number of halogens is 1. The van der Waals surface area contributed by atoms with E-state index in [0.717, 1.165) is 4.88 Å². The topological polar surface area (TPSA) is 62.2 Å². The van der Waals surface area contributed by atoms with Crippen LogP contribution in [0.4, 0.5) is 0 Å². The van der Waals surface area contributed by atoms with E-state index in [0.29, 0.717) is 10.9 Å². The molecule has 6 heteroatoms. The number of carbonyl (C=O) groups is 1. The summed E-state index contributed by atoms with van der Waals surface area (Å²) < 4.78 is 0.681. The number of rotatable bonds is 3. The third kappa shape index (κ3) is 2.95. The molecule has 0 aliphatic heterocycles. The highest BCUT2D eigenvalue weighted by atomic mass is 35.5. The highest BCUT2D eigenvalue weighted by molar-refractivity contribution is 7.16. The van der Waals surface area contributed by atoms with Gasteiger partial charge in [0.2, 0.25) is 0 Å². The van der Waals surface area contributed by atoms with Crippen molar-refractivity contribution in [1.82, 2.24) is 10.3 Å². The smallest absolute Gasteiger partial charge is 0.255 e. The first-order valence-corrected chi connectivity index (χ1v) is 6.01. The summed E-state index contributed by atoms with van der Waals surface area (Å²) in [4.78, 5) is 16.4.